The van der Waals surface area contributed by atoms with Gasteiger partial charge in [0.25, 0.3) is 0 Å². The van der Waals surface area contributed by atoms with Gasteiger partial charge in [-0.25, -0.2) is 0 Å². The minimum Gasteiger partial charge on any atom is -0.489 e. The zero-order valence-corrected chi connectivity index (χ0v) is 11.7. The molecule has 1 aromatic carbocycles. The van der Waals surface area contributed by atoms with E-state index < -0.39 is 0 Å². The third-order valence-corrected chi connectivity index (χ3v) is 3.48. The Morgan fingerprint density at radius 2 is 2.29 bits per heavy atom. The van der Waals surface area contributed by atoms with Gasteiger partial charge in [-0.1, -0.05) is 18.2 Å². The summed E-state index contributed by atoms with van der Waals surface area (Å²) in [5.41, 5.74) is 0.838. The number of amides is 1. The maximum absolute atomic E-state index is 11.8. The van der Waals surface area contributed by atoms with Gasteiger partial charge in [-0.3, -0.25) is 9.78 Å². The Bertz CT molecular complexity index is 618. The van der Waals surface area contributed by atoms with Crippen molar-refractivity contribution in [2.24, 2.45) is 0 Å². The van der Waals surface area contributed by atoms with Crippen LogP contribution in [0.2, 0.25) is 0 Å². The highest BCUT2D eigenvalue weighted by atomic mass is 16.5. The lowest BCUT2D eigenvalue weighted by atomic mass is 10.2. The van der Waals surface area contributed by atoms with Gasteiger partial charge in [0.2, 0.25) is 5.91 Å². The monoisotopic (exact) mass is 286 g/mol. The molecule has 0 bridgehead atoms. The van der Waals surface area contributed by atoms with Gasteiger partial charge in [0.1, 0.15) is 24.0 Å². The molecule has 2 heterocycles. The summed E-state index contributed by atoms with van der Waals surface area (Å²) in [6.07, 6.45) is 3.22. The van der Waals surface area contributed by atoms with Crippen molar-refractivity contribution in [2.45, 2.75) is 18.9 Å². The maximum atomic E-state index is 11.8. The SMILES string of the molecule is O=C(NCCOc1cccc2cccnc12)[C@H]1CCCO1. The van der Waals surface area contributed by atoms with Crippen molar-refractivity contribution in [3.8, 4) is 5.75 Å². The molecule has 110 valence electrons. The van der Waals surface area contributed by atoms with Crippen molar-refractivity contribution < 1.29 is 14.3 Å². The molecule has 1 aliphatic heterocycles. The quantitative estimate of drug-likeness (QED) is 0.853. The number of ether oxygens (including phenoxy) is 2. The predicted molar refractivity (Wildman–Crippen MR) is 79.2 cm³/mol. The lowest BCUT2D eigenvalue weighted by Crippen LogP contribution is -2.36. The molecular weight excluding hydrogens is 268 g/mol. The van der Waals surface area contributed by atoms with Crippen LogP contribution in [-0.4, -0.2) is 36.8 Å². The molecule has 0 unspecified atom stereocenters. The van der Waals surface area contributed by atoms with Crippen LogP contribution in [0.3, 0.4) is 0 Å². The van der Waals surface area contributed by atoms with E-state index in [1.165, 1.54) is 0 Å². The minimum atomic E-state index is -0.288. The van der Waals surface area contributed by atoms with Crippen molar-refractivity contribution in [1.82, 2.24) is 10.3 Å². The molecule has 1 aliphatic rings. The first kappa shape index (κ1) is 13.8. The fraction of sp³-hybridized carbons (Fsp3) is 0.375. The van der Waals surface area contributed by atoms with Gasteiger partial charge in [-0.15, -0.1) is 0 Å². The van der Waals surface area contributed by atoms with E-state index in [2.05, 4.69) is 10.3 Å². The Morgan fingerprint density at radius 1 is 1.38 bits per heavy atom. The minimum absolute atomic E-state index is 0.0489. The number of benzene rings is 1. The van der Waals surface area contributed by atoms with Crippen LogP contribution in [0.15, 0.2) is 36.5 Å². The van der Waals surface area contributed by atoms with Gasteiger partial charge in [0.05, 0.1) is 6.54 Å². The summed E-state index contributed by atoms with van der Waals surface area (Å²) in [5.74, 6) is 0.687. The lowest BCUT2D eigenvalue weighted by molar-refractivity contribution is -0.130. The van der Waals surface area contributed by atoms with Crippen molar-refractivity contribution in [2.75, 3.05) is 19.8 Å². The third-order valence-electron chi connectivity index (χ3n) is 3.48. The van der Waals surface area contributed by atoms with E-state index in [-0.39, 0.29) is 12.0 Å². The second-order valence-electron chi connectivity index (χ2n) is 4.97. The highest BCUT2D eigenvalue weighted by molar-refractivity contribution is 5.84. The molecule has 0 spiro atoms. The number of rotatable bonds is 5. The van der Waals surface area contributed by atoms with E-state index in [9.17, 15) is 4.79 Å². The average molecular weight is 286 g/mol. The van der Waals surface area contributed by atoms with Crippen LogP contribution in [0.4, 0.5) is 0 Å². The smallest absolute Gasteiger partial charge is 0.249 e. The first-order valence-corrected chi connectivity index (χ1v) is 7.20. The van der Waals surface area contributed by atoms with Crippen molar-refractivity contribution in [3.05, 3.63) is 36.5 Å². The van der Waals surface area contributed by atoms with Crippen LogP contribution in [0, 0.1) is 0 Å². The van der Waals surface area contributed by atoms with E-state index in [1.54, 1.807) is 6.20 Å². The number of nitrogens with zero attached hydrogens (tertiary/aromatic N) is 1. The molecule has 1 aromatic heterocycles. The summed E-state index contributed by atoms with van der Waals surface area (Å²) in [5, 5.41) is 3.87. The van der Waals surface area contributed by atoms with Gasteiger partial charge in [-0.05, 0) is 25.0 Å². The number of hydrogen-bond donors (Lipinski definition) is 1. The Labute approximate surface area is 123 Å². The summed E-state index contributed by atoms with van der Waals surface area (Å²) in [4.78, 5) is 16.1. The Morgan fingerprint density at radius 3 is 3.14 bits per heavy atom. The van der Waals surface area contributed by atoms with E-state index in [0.29, 0.717) is 19.8 Å². The number of carbonyl (C=O) groups excluding carboxylic acids is 1. The summed E-state index contributed by atoms with van der Waals surface area (Å²) < 4.78 is 11.0. The molecule has 1 saturated heterocycles. The number of aromatic nitrogens is 1. The second kappa shape index (κ2) is 6.54. The molecule has 0 aliphatic carbocycles. The number of pyridine rings is 1. The molecular formula is C16H18N2O3. The highest BCUT2D eigenvalue weighted by Crippen LogP contribution is 2.22. The van der Waals surface area contributed by atoms with Crippen LogP contribution in [0.5, 0.6) is 5.75 Å². The van der Waals surface area contributed by atoms with E-state index in [1.807, 2.05) is 30.3 Å². The van der Waals surface area contributed by atoms with Crippen LogP contribution in [0.25, 0.3) is 10.9 Å². The Balaban J connectivity index is 1.51. The van der Waals surface area contributed by atoms with E-state index in [0.717, 1.165) is 29.5 Å². The molecule has 21 heavy (non-hydrogen) atoms. The van der Waals surface area contributed by atoms with Crippen molar-refractivity contribution in [1.29, 1.82) is 0 Å². The standard InChI is InChI=1S/C16H18N2O3/c19-16(14-7-3-10-20-14)18-9-11-21-13-6-1-4-12-5-2-8-17-15(12)13/h1-2,4-6,8,14H,3,7,9-11H2,(H,18,19)/t14-/m1/s1. The number of hydrogen-bond acceptors (Lipinski definition) is 4. The molecule has 1 atom stereocenters. The first-order valence-electron chi connectivity index (χ1n) is 7.20. The highest BCUT2D eigenvalue weighted by Gasteiger charge is 2.22. The van der Waals surface area contributed by atoms with Gasteiger partial charge >= 0.3 is 0 Å². The fourth-order valence-corrected chi connectivity index (χ4v) is 2.43. The first-order chi connectivity index (χ1) is 10.3. The van der Waals surface area contributed by atoms with Crippen molar-refractivity contribution >= 4 is 16.8 Å². The molecule has 3 rings (SSSR count). The zero-order chi connectivity index (χ0) is 14.5. The topological polar surface area (TPSA) is 60.5 Å². The largest absolute Gasteiger partial charge is 0.489 e. The predicted octanol–water partition coefficient (Wildman–Crippen LogP) is 1.91. The van der Waals surface area contributed by atoms with Crippen LogP contribution < -0.4 is 10.1 Å². The Hall–Kier alpha value is -2.14. The number of nitrogens with one attached hydrogen (secondary N) is 1. The molecule has 1 N–H and O–H groups in total. The molecule has 0 radical (unpaired) electrons. The van der Waals surface area contributed by atoms with Crippen LogP contribution >= 0.6 is 0 Å². The van der Waals surface area contributed by atoms with Crippen LogP contribution in [0.1, 0.15) is 12.8 Å². The van der Waals surface area contributed by atoms with Crippen molar-refractivity contribution in [3.63, 3.8) is 0 Å². The van der Waals surface area contributed by atoms with Gasteiger partial charge in [0.15, 0.2) is 0 Å². The maximum Gasteiger partial charge on any atom is 0.249 e. The third kappa shape index (κ3) is 3.31. The molecule has 2 aromatic rings. The second-order valence-corrected chi connectivity index (χ2v) is 4.97. The average Bonchev–Trinajstić information content (AvgIpc) is 3.06. The van der Waals surface area contributed by atoms with Gasteiger partial charge in [-0.2, -0.15) is 0 Å². The van der Waals surface area contributed by atoms with Gasteiger partial charge < -0.3 is 14.8 Å². The van der Waals surface area contributed by atoms with E-state index in [4.69, 9.17) is 9.47 Å². The van der Waals surface area contributed by atoms with Crippen LogP contribution in [-0.2, 0) is 9.53 Å². The Kier molecular flexibility index (Phi) is 4.31. The summed E-state index contributed by atoms with van der Waals surface area (Å²) >= 11 is 0. The number of fused-ring (bicyclic) bond motifs is 1. The molecule has 1 amide bonds. The van der Waals surface area contributed by atoms with Gasteiger partial charge in [0, 0.05) is 18.2 Å². The molecule has 5 heteroatoms. The number of para-hydroxylation sites is 1. The fourth-order valence-electron chi connectivity index (χ4n) is 2.43. The lowest BCUT2D eigenvalue weighted by Gasteiger charge is -2.12. The van der Waals surface area contributed by atoms with E-state index >= 15 is 0 Å². The molecule has 1 fully saturated rings. The normalized spacial score (nSPS) is 17.8. The zero-order valence-electron chi connectivity index (χ0n) is 11.7. The molecule has 5 nitrogen and oxygen atoms in total. The summed E-state index contributed by atoms with van der Waals surface area (Å²) in [6, 6.07) is 9.71. The molecule has 0 saturated carbocycles. The number of carbonyl (C=O) groups is 1. The summed E-state index contributed by atoms with van der Waals surface area (Å²) in [6.45, 7) is 1.55. The summed E-state index contributed by atoms with van der Waals surface area (Å²) in [7, 11) is 0.